The summed E-state index contributed by atoms with van der Waals surface area (Å²) in [5, 5.41) is 1.36. The number of ether oxygens (including phenoxy) is 1. The van der Waals surface area contributed by atoms with Crippen LogP contribution in [-0.2, 0) is 10.2 Å². The van der Waals surface area contributed by atoms with Gasteiger partial charge in [-0.05, 0) is 74.0 Å². The summed E-state index contributed by atoms with van der Waals surface area (Å²) >= 11 is 12.5. The average Bonchev–Trinajstić information content (AvgIpc) is 2.52. The van der Waals surface area contributed by atoms with Crippen LogP contribution in [0.3, 0.4) is 0 Å². The highest BCUT2D eigenvalue weighted by molar-refractivity contribution is 6.42. The van der Waals surface area contributed by atoms with Crippen LogP contribution in [-0.4, -0.2) is 13.2 Å². The molecule has 0 aliphatic heterocycles. The second-order valence-electron chi connectivity index (χ2n) is 8.01. The van der Waals surface area contributed by atoms with Crippen LogP contribution in [0.25, 0.3) is 0 Å². The van der Waals surface area contributed by atoms with Gasteiger partial charge in [-0.15, -0.1) is 0 Å². The zero-order valence-electron chi connectivity index (χ0n) is 16.1. The Kier molecular flexibility index (Phi) is 8.58. The van der Waals surface area contributed by atoms with Crippen molar-refractivity contribution in [2.75, 3.05) is 13.2 Å². The van der Waals surface area contributed by atoms with Crippen LogP contribution in [0.15, 0.2) is 18.2 Å². The number of halogens is 2. The summed E-state index contributed by atoms with van der Waals surface area (Å²) in [6, 6.07) is 6.33. The van der Waals surface area contributed by atoms with Gasteiger partial charge >= 0.3 is 0 Å². The van der Waals surface area contributed by atoms with Crippen molar-refractivity contribution < 1.29 is 4.74 Å². The van der Waals surface area contributed by atoms with Crippen molar-refractivity contribution >= 4 is 23.2 Å². The Bertz CT molecular complexity index is 523. The van der Waals surface area contributed by atoms with Gasteiger partial charge in [-0.3, -0.25) is 0 Å². The van der Waals surface area contributed by atoms with Gasteiger partial charge in [0, 0.05) is 13.2 Å². The van der Waals surface area contributed by atoms with E-state index >= 15 is 0 Å². The number of rotatable bonds is 11. The van der Waals surface area contributed by atoms with E-state index in [1.807, 2.05) is 6.07 Å². The Morgan fingerprint density at radius 1 is 1.08 bits per heavy atom. The van der Waals surface area contributed by atoms with E-state index in [0.717, 1.165) is 25.0 Å². The van der Waals surface area contributed by atoms with E-state index in [9.17, 15) is 0 Å². The van der Waals surface area contributed by atoms with Crippen LogP contribution in [0.5, 0.6) is 0 Å². The highest BCUT2D eigenvalue weighted by atomic mass is 35.5. The summed E-state index contributed by atoms with van der Waals surface area (Å²) < 4.78 is 5.47. The van der Waals surface area contributed by atoms with Gasteiger partial charge in [0.2, 0.25) is 0 Å². The van der Waals surface area contributed by atoms with E-state index in [2.05, 4.69) is 32.9 Å². The Labute approximate surface area is 164 Å². The lowest BCUT2D eigenvalue weighted by molar-refractivity contribution is 0.112. The van der Waals surface area contributed by atoms with E-state index < -0.39 is 0 Å². The van der Waals surface area contributed by atoms with E-state index in [4.69, 9.17) is 27.9 Å². The first-order valence-corrected chi connectivity index (χ1v) is 10.8. The maximum atomic E-state index is 6.34. The topological polar surface area (TPSA) is 9.23 Å². The molecule has 2 rings (SSSR count). The molecule has 0 saturated heterocycles. The summed E-state index contributed by atoms with van der Waals surface area (Å²) in [5.41, 5.74) is 1.73. The van der Waals surface area contributed by atoms with Gasteiger partial charge in [-0.1, -0.05) is 62.4 Å². The first-order valence-electron chi connectivity index (χ1n) is 10.0. The van der Waals surface area contributed by atoms with Crippen molar-refractivity contribution in [2.24, 2.45) is 11.8 Å². The molecule has 1 nitrogen and oxygen atoms in total. The molecular formula is C22H34Cl2O. The summed E-state index contributed by atoms with van der Waals surface area (Å²) in [5.74, 6) is 1.47. The molecule has 1 aliphatic rings. The average molecular weight is 385 g/mol. The van der Waals surface area contributed by atoms with Crippen molar-refractivity contribution in [1.29, 1.82) is 0 Å². The molecule has 1 aliphatic carbocycles. The Hall–Kier alpha value is -0.240. The molecular weight excluding hydrogens is 351 g/mol. The van der Waals surface area contributed by atoms with Crippen molar-refractivity contribution in [2.45, 2.75) is 77.6 Å². The van der Waals surface area contributed by atoms with Crippen LogP contribution in [0.2, 0.25) is 10.0 Å². The lowest BCUT2D eigenvalue weighted by atomic mass is 9.55. The molecule has 142 valence electrons. The Morgan fingerprint density at radius 3 is 2.40 bits per heavy atom. The van der Waals surface area contributed by atoms with Crippen molar-refractivity contribution in [3.8, 4) is 0 Å². The van der Waals surface area contributed by atoms with Gasteiger partial charge in [0.15, 0.2) is 0 Å². The number of hydrogen-bond donors (Lipinski definition) is 0. The second kappa shape index (κ2) is 10.2. The van der Waals surface area contributed by atoms with Gasteiger partial charge in [0.1, 0.15) is 0 Å². The molecule has 0 bridgehead atoms. The third kappa shape index (κ3) is 5.62. The lowest BCUT2D eigenvalue weighted by Gasteiger charge is -2.49. The van der Waals surface area contributed by atoms with E-state index in [0.29, 0.717) is 15.5 Å². The summed E-state index contributed by atoms with van der Waals surface area (Å²) in [6.07, 6.45) is 10.3. The van der Waals surface area contributed by atoms with Crippen molar-refractivity contribution in [3.63, 3.8) is 0 Å². The minimum Gasteiger partial charge on any atom is -0.382 e. The summed E-state index contributed by atoms with van der Waals surface area (Å²) in [7, 11) is 0. The zero-order chi connectivity index (χ0) is 18.3. The minimum absolute atomic E-state index is 0.318. The normalized spacial score (nSPS) is 17.5. The largest absolute Gasteiger partial charge is 0.382 e. The lowest BCUT2D eigenvalue weighted by Crippen LogP contribution is -2.42. The first-order chi connectivity index (χ1) is 12.0. The number of unbranched alkanes of at least 4 members (excludes halogenated alkanes) is 2. The fraction of sp³-hybridized carbons (Fsp3) is 0.727. The van der Waals surface area contributed by atoms with Gasteiger partial charge in [0.25, 0.3) is 0 Å². The molecule has 25 heavy (non-hydrogen) atoms. The van der Waals surface area contributed by atoms with Crippen molar-refractivity contribution in [1.82, 2.24) is 0 Å². The van der Waals surface area contributed by atoms with Crippen LogP contribution < -0.4 is 0 Å². The standard InChI is InChI=1S/C22H34Cl2O/c1-4-25-14-7-5-6-9-18(15-17(2)3)22(12-8-13-22)19-10-11-20(23)21(24)16-19/h10-11,16-18H,4-9,12-15H2,1-3H3. The molecule has 1 saturated carbocycles. The highest BCUT2D eigenvalue weighted by Gasteiger charge is 2.45. The third-order valence-electron chi connectivity index (χ3n) is 5.82. The molecule has 1 atom stereocenters. The minimum atomic E-state index is 0.318. The molecule has 0 aromatic heterocycles. The third-order valence-corrected chi connectivity index (χ3v) is 6.56. The van der Waals surface area contributed by atoms with Crippen molar-refractivity contribution in [3.05, 3.63) is 33.8 Å². The summed E-state index contributed by atoms with van der Waals surface area (Å²) in [6.45, 7) is 8.50. The predicted octanol–water partition coefficient (Wildman–Crippen LogP) is 7.67. The molecule has 1 aromatic carbocycles. The highest BCUT2D eigenvalue weighted by Crippen LogP contribution is 2.53. The van der Waals surface area contributed by atoms with Gasteiger partial charge < -0.3 is 4.74 Å². The monoisotopic (exact) mass is 384 g/mol. The first kappa shape index (κ1) is 21.1. The van der Waals surface area contributed by atoms with Crippen LogP contribution in [0, 0.1) is 11.8 Å². The van der Waals surface area contributed by atoms with Crippen LogP contribution >= 0.6 is 23.2 Å². The smallest absolute Gasteiger partial charge is 0.0595 e. The molecule has 0 spiro atoms. The predicted molar refractivity (Wildman–Crippen MR) is 110 cm³/mol. The van der Waals surface area contributed by atoms with Crippen LogP contribution in [0.4, 0.5) is 0 Å². The second-order valence-corrected chi connectivity index (χ2v) is 8.83. The number of benzene rings is 1. The maximum absolute atomic E-state index is 6.34. The molecule has 0 radical (unpaired) electrons. The Balaban J connectivity index is 2.06. The molecule has 0 heterocycles. The molecule has 3 heteroatoms. The number of hydrogen-bond acceptors (Lipinski definition) is 1. The quantitative estimate of drug-likeness (QED) is 0.355. The zero-order valence-corrected chi connectivity index (χ0v) is 17.6. The SMILES string of the molecule is CCOCCCCCC(CC(C)C)C1(c2ccc(Cl)c(Cl)c2)CCC1. The molecule has 0 N–H and O–H groups in total. The molecule has 1 unspecified atom stereocenters. The van der Waals surface area contributed by atoms with Gasteiger partial charge in [-0.25, -0.2) is 0 Å². The maximum Gasteiger partial charge on any atom is 0.0595 e. The van der Waals surface area contributed by atoms with Gasteiger partial charge in [-0.2, -0.15) is 0 Å². The summed E-state index contributed by atoms with van der Waals surface area (Å²) in [4.78, 5) is 0. The van der Waals surface area contributed by atoms with Gasteiger partial charge in [0.05, 0.1) is 10.0 Å². The fourth-order valence-electron chi connectivity index (χ4n) is 4.40. The van der Waals surface area contributed by atoms with E-state index in [1.165, 1.54) is 56.9 Å². The molecule has 0 amide bonds. The fourth-order valence-corrected chi connectivity index (χ4v) is 4.70. The van der Waals surface area contributed by atoms with E-state index in [-0.39, 0.29) is 0 Å². The molecule has 1 fully saturated rings. The van der Waals surface area contributed by atoms with E-state index in [1.54, 1.807) is 0 Å². The Morgan fingerprint density at radius 2 is 1.84 bits per heavy atom. The molecule has 1 aromatic rings. The van der Waals surface area contributed by atoms with Crippen LogP contribution in [0.1, 0.15) is 77.7 Å².